The van der Waals surface area contributed by atoms with Crippen molar-refractivity contribution in [1.82, 2.24) is 0 Å². The molecule has 0 aliphatic heterocycles. The molecular formula is C26H20Cl2F10O2. The van der Waals surface area contributed by atoms with Crippen LogP contribution in [0.5, 0.6) is 0 Å². The summed E-state index contributed by atoms with van der Waals surface area (Å²) in [6.45, 7) is 1.29. The monoisotopic (exact) mass is 624 g/mol. The molecule has 0 heterocycles. The summed E-state index contributed by atoms with van der Waals surface area (Å²) in [4.78, 5) is 24.3. The normalized spacial score (nSPS) is 14.7. The molecule has 2 atom stereocenters. The van der Waals surface area contributed by atoms with Crippen LogP contribution in [0.3, 0.4) is 0 Å². The number of Topliss-reactive ketones (excluding diaryl/α,β-unsaturated/α-hetero) is 2. The molecule has 0 bridgehead atoms. The van der Waals surface area contributed by atoms with Gasteiger partial charge in [0.25, 0.3) is 0 Å². The maximum absolute atomic E-state index is 14.9. The number of benzene rings is 2. The Bertz CT molecular complexity index is 1260. The van der Waals surface area contributed by atoms with E-state index in [9.17, 15) is 53.5 Å². The van der Waals surface area contributed by atoms with E-state index in [1.807, 2.05) is 0 Å². The van der Waals surface area contributed by atoms with Crippen LogP contribution in [-0.2, 0) is 11.0 Å². The highest BCUT2D eigenvalue weighted by Crippen LogP contribution is 2.41. The van der Waals surface area contributed by atoms with Crippen molar-refractivity contribution in [3.05, 3.63) is 74.8 Å². The summed E-state index contributed by atoms with van der Waals surface area (Å²) in [5.74, 6) is -7.15. The van der Waals surface area contributed by atoms with Gasteiger partial charge in [0.1, 0.15) is 17.5 Å². The lowest BCUT2D eigenvalue weighted by Crippen LogP contribution is -2.19. The largest absolute Gasteiger partial charge is 0.417 e. The van der Waals surface area contributed by atoms with Crippen LogP contribution in [0.25, 0.3) is 5.83 Å². The number of halogens is 12. The molecule has 0 saturated heterocycles. The quantitative estimate of drug-likeness (QED) is 0.195. The Morgan fingerprint density at radius 1 is 0.875 bits per heavy atom. The summed E-state index contributed by atoms with van der Waals surface area (Å²) in [5, 5.41) is -0.341. The van der Waals surface area contributed by atoms with Crippen molar-refractivity contribution < 1.29 is 53.5 Å². The Hall–Kier alpha value is -2.60. The van der Waals surface area contributed by atoms with Crippen LogP contribution in [0.4, 0.5) is 43.9 Å². The molecular weight excluding hydrogens is 605 g/mol. The minimum Gasteiger partial charge on any atom is -0.300 e. The number of carbonyl (C=O) groups is 2. The Balaban J connectivity index is 2.36. The molecule has 2 rings (SSSR count). The van der Waals surface area contributed by atoms with Gasteiger partial charge in [0.05, 0.1) is 22.0 Å². The summed E-state index contributed by atoms with van der Waals surface area (Å²) in [6, 6.07) is 4.26. The van der Waals surface area contributed by atoms with E-state index < -0.39 is 95.7 Å². The summed E-state index contributed by atoms with van der Waals surface area (Å²) >= 11 is 11.4. The third kappa shape index (κ3) is 9.79. The lowest BCUT2D eigenvalue weighted by atomic mass is 9.91. The van der Waals surface area contributed by atoms with Gasteiger partial charge in [-0.2, -0.15) is 39.5 Å². The molecule has 0 spiro atoms. The zero-order valence-corrected chi connectivity index (χ0v) is 21.9. The van der Waals surface area contributed by atoms with Gasteiger partial charge in [-0.3, -0.25) is 9.59 Å². The van der Waals surface area contributed by atoms with Crippen LogP contribution in [0.15, 0.2) is 42.5 Å². The van der Waals surface area contributed by atoms with E-state index in [-0.39, 0.29) is 22.2 Å². The minimum atomic E-state index is -5.22. The van der Waals surface area contributed by atoms with Crippen molar-refractivity contribution in [2.24, 2.45) is 5.92 Å². The van der Waals surface area contributed by atoms with Gasteiger partial charge in [-0.25, -0.2) is 4.39 Å². The standard InChI is InChI=1S/C26H20Cl2F10O2/c1-13(8-16(39)6-7-24(30,31)32)9-23(40)17-4-2-15(10-19(17)26(36,37)38)22(29)12-18(25(33,34)35)14-3-5-20(27)21(28)11-14/h2-5,10-13,18H,6-9H2,1H3/b22-12-/t13-,18?/m1/s1. The second-order valence-electron chi connectivity index (χ2n) is 9.06. The molecule has 0 N–H and O–H groups in total. The molecule has 220 valence electrons. The van der Waals surface area contributed by atoms with E-state index in [0.29, 0.717) is 12.1 Å². The van der Waals surface area contributed by atoms with Crippen molar-refractivity contribution in [3.63, 3.8) is 0 Å². The van der Waals surface area contributed by atoms with Gasteiger partial charge >= 0.3 is 18.5 Å². The number of alkyl halides is 9. The van der Waals surface area contributed by atoms with E-state index in [0.717, 1.165) is 18.2 Å². The number of carbonyl (C=O) groups excluding carboxylic acids is 2. The van der Waals surface area contributed by atoms with Crippen molar-refractivity contribution in [3.8, 4) is 0 Å². The lowest BCUT2D eigenvalue weighted by Gasteiger charge is -2.19. The highest BCUT2D eigenvalue weighted by atomic mass is 35.5. The zero-order valence-electron chi connectivity index (χ0n) is 20.4. The number of ketones is 2. The van der Waals surface area contributed by atoms with Crippen molar-refractivity contribution in [2.45, 2.75) is 57.1 Å². The fourth-order valence-electron chi connectivity index (χ4n) is 3.77. The van der Waals surface area contributed by atoms with E-state index >= 15 is 0 Å². The number of rotatable bonds is 10. The summed E-state index contributed by atoms with van der Waals surface area (Å²) in [5.41, 5.74) is -3.99. The van der Waals surface area contributed by atoms with Crippen LogP contribution >= 0.6 is 23.2 Å². The maximum atomic E-state index is 14.9. The molecule has 1 unspecified atom stereocenters. The van der Waals surface area contributed by atoms with E-state index in [1.54, 1.807) is 0 Å². The number of hydrogen-bond donors (Lipinski definition) is 0. The van der Waals surface area contributed by atoms with Gasteiger partial charge in [-0.1, -0.05) is 48.3 Å². The first-order valence-electron chi connectivity index (χ1n) is 11.4. The number of hydrogen-bond acceptors (Lipinski definition) is 2. The average molecular weight is 625 g/mol. The summed E-state index contributed by atoms with van der Waals surface area (Å²) in [6.07, 6.45) is -18.2. The lowest BCUT2D eigenvalue weighted by molar-refractivity contribution is -0.143. The first-order chi connectivity index (χ1) is 18.2. The van der Waals surface area contributed by atoms with Gasteiger partial charge in [0, 0.05) is 30.4 Å². The third-order valence-corrected chi connectivity index (χ3v) is 6.41. The molecule has 2 aromatic carbocycles. The second kappa shape index (κ2) is 12.9. The molecule has 0 fully saturated rings. The first-order valence-corrected chi connectivity index (χ1v) is 12.2. The van der Waals surface area contributed by atoms with Crippen molar-refractivity contribution in [2.75, 3.05) is 0 Å². The molecule has 0 saturated carbocycles. The SMILES string of the molecule is C[C@H](CC(=O)CCC(F)(F)F)CC(=O)c1ccc(/C(F)=C/C(c2ccc(Cl)c(Cl)c2)C(F)(F)F)cc1C(F)(F)F. The molecule has 0 amide bonds. The molecule has 14 heteroatoms. The average Bonchev–Trinajstić information content (AvgIpc) is 2.80. The second-order valence-corrected chi connectivity index (χ2v) is 9.87. The van der Waals surface area contributed by atoms with E-state index in [2.05, 4.69) is 0 Å². The topological polar surface area (TPSA) is 34.1 Å². The molecule has 0 aliphatic carbocycles. The van der Waals surface area contributed by atoms with Crippen LogP contribution in [0, 0.1) is 5.92 Å². The van der Waals surface area contributed by atoms with Crippen LogP contribution < -0.4 is 0 Å². The molecule has 2 aromatic rings. The molecule has 2 nitrogen and oxygen atoms in total. The predicted molar refractivity (Wildman–Crippen MR) is 129 cm³/mol. The minimum absolute atomic E-state index is 0.0607. The molecule has 40 heavy (non-hydrogen) atoms. The van der Waals surface area contributed by atoms with Gasteiger partial charge < -0.3 is 0 Å². The Labute approximate surface area is 231 Å². The van der Waals surface area contributed by atoms with Crippen LogP contribution in [0.2, 0.25) is 10.0 Å². The Kier molecular flexibility index (Phi) is 10.9. The highest BCUT2D eigenvalue weighted by molar-refractivity contribution is 6.42. The van der Waals surface area contributed by atoms with Crippen LogP contribution in [-0.4, -0.2) is 23.9 Å². The first kappa shape index (κ1) is 33.6. The zero-order chi connectivity index (χ0) is 30.6. The van der Waals surface area contributed by atoms with Crippen molar-refractivity contribution >= 4 is 40.6 Å². The predicted octanol–water partition coefficient (Wildman–Crippen LogP) is 10.2. The molecule has 0 aromatic heterocycles. The van der Waals surface area contributed by atoms with Crippen molar-refractivity contribution in [1.29, 1.82) is 0 Å². The fraction of sp³-hybridized carbons (Fsp3) is 0.385. The smallest absolute Gasteiger partial charge is 0.300 e. The third-order valence-electron chi connectivity index (χ3n) is 5.67. The molecule has 0 aliphatic rings. The summed E-state index contributed by atoms with van der Waals surface area (Å²) in [7, 11) is 0. The highest BCUT2D eigenvalue weighted by Gasteiger charge is 2.41. The van der Waals surface area contributed by atoms with Gasteiger partial charge in [0.15, 0.2) is 5.78 Å². The van der Waals surface area contributed by atoms with E-state index in [1.165, 1.54) is 6.92 Å². The van der Waals surface area contributed by atoms with E-state index in [4.69, 9.17) is 23.2 Å². The van der Waals surface area contributed by atoms with Gasteiger partial charge in [0.2, 0.25) is 0 Å². The number of allylic oxidation sites excluding steroid dienone is 1. The van der Waals surface area contributed by atoms with Crippen LogP contribution in [0.1, 0.15) is 65.6 Å². The van der Waals surface area contributed by atoms with Gasteiger partial charge in [-0.05, 0) is 35.8 Å². The van der Waals surface area contributed by atoms with Gasteiger partial charge in [-0.15, -0.1) is 0 Å². The molecule has 0 radical (unpaired) electrons. The Morgan fingerprint density at radius 2 is 1.50 bits per heavy atom. The maximum Gasteiger partial charge on any atom is 0.417 e. The summed E-state index contributed by atoms with van der Waals surface area (Å²) < 4.78 is 134. The Morgan fingerprint density at radius 3 is 2.02 bits per heavy atom. The fourth-order valence-corrected chi connectivity index (χ4v) is 4.08.